The first kappa shape index (κ1) is 16.2. The number of hydrogen-bond acceptors (Lipinski definition) is 2. The van der Waals surface area contributed by atoms with E-state index in [-0.39, 0.29) is 23.3 Å². The Morgan fingerprint density at radius 3 is 2.95 bits per heavy atom. The maximum Gasteiger partial charge on any atom is 0.221 e. The monoisotopic (exact) mass is 306 g/mol. The van der Waals surface area contributed by atoms with Gasteiger partial charge in [-0.25, -0.2) is 4.39 Å². The molecule has 6 heteroatoms. The van der Waals surface area contributed by atoms with Crippen molar-refractivity contribution in [1.29, 1.82) is 0 Å². The van der Waals surface area contributed by atoms with Gasteiger partial charge >= 0.3 is 0 Å². The first-order valence-corrected chi connectivity index (χ1v) is 6.47. The summed E-state index contributed by atoms with van der Waals surface area (Å²) in [6, 6.07) is 4.75. The molecule has 0 bridgehead atoms. The fourth-order valence-electron chi connectivity index (χ4n) is 2.08. The normalized spacial score (nSPS) is 17.9. The number of carbonyl (C=O) groups excluding carboxylic acids is 1. The molecule has 106 valence electrons. The molecule has 0 spiro atoms. The van der Waals surface area contributed by atoms with Gasteiger partial charge in [-0.15, -0.1) is 12.4 Å². The van der Waals surface area contributed by atoms with Gasteiger partial charge in [0.05, 0.1) is 5.02 Å². The number of nitrogens with one attached hydrogen (secondary N) is 2. The van der Waals surface area contributed by atoms with E-state index in [1.807, 2.05) is 0 Å². The van der Waals surface area contributed by atoms with Crippen LogP contribution in [0.1, 0.15) is 24.8 Å². The van der Waals surface area contributed by atoms with Crippen LogP contribution in [0.5, 0.6) is 0 Å². The van der Waals surface area contributed by atoms with Crippen molar-refractivity contribution in [2.45, 2.75) is 31.8 Å². The Morgan fingerprint density at radius 1 is 1.53 bits per heavy atom. The van der Waals surface area contributed by atoms with E-state index in [1.54, 1.807) is 6.07 Å². The fraction of sp³-hybridized carbons (Fsp3) is 0.462. The zero-order valence-corrected chi connectivity index (χ0v) is 12.0. The summed E-state index contributed by atoms with van der Waals surface area (Å²) in [7, 11) is 0. The number of carbonyl (C=O) groups is 1. The van der Waals surface area contributed by atoms with Gasteiger partial charge in [-0.2, -0.15) is 0 Å². The zero-order chi connectivity index (χ0) is 13.0. The highest BCUT2D eigenvalue weighted by Crippen LogP contribution is 2.16. The molecule has 3 nitrogen and oxygen atoms in total. The van der Waals surface area contributed by atoms with Crippen LogP contribution in [0.2, 0.25) is 5.02 Å². The fourth-order valence-corrected chi connectivity index (χ4v) is 2.28. The molecule has 0 radical (unpaired) electrons. The molecule has 1 aliphatic heterocycles. The molecule has 1 unspecified atom stereocenters. The van der Waals surface area contributed by atoms with E-state index in [4.69, 9.17) is 11.6 Å². The van der Waals surface area contributed by atoms with Crippen molar-refractivity contribution in [2.75, 3.05) is 6.54 Å². The highest BCUT2D eigenvalue weighted by molar-refractivity contribution is 6.30. The van der Waals surface area contributed by atoms with Gasteiger partial charge < -0.3 is 10.6 Å². The maximum atomic E-state index is 12.9. The summed E-state index contributed by atoms with van der Waals surface area (Å²) in [5, 5.41) is 6.17. The van der Waals surface area contributed by atoms with Crippen molar-refractivity contribution < 1.29 is 9.18 Å². The highest BCUT2D eigenvalue weighted by atomic mass is 35.5. The van der Waals surface area contributed by atoms with Gasteiger partial charge in [0.15, 0.2) is 0 Å². The molecular weight excluding hydrogens is 290 g/mol. The Bertz CT molecular complexity index is 437. The van der Waals surface area contributed by atoms with Crippen molar-refractivity contribution >= 4 is 29.9 Å². The van der Waals surface area contributed by atoms with Gasteiger partial charge in [0, 0.05) is 19.0 Å². The summed E-state index contributed by atoms with van der Waals surface area (Å²) in [6.45, 7) is 1.37. The third-order valence-corrected chi connectivity index (χ3v) is 3.36. The molecule has 0 aliphatic carbocycles. The van der Waals surface area contributed by atoms with Crippen LogP contribution in [-0.4, -0.2) is 18.5 Å². The zero-order valence-electron chi connectivity index (χ0n) is 10.4. The van der Waals surface area contributed by atoms with Crippen LogP contribution in [0, 0.1) is 5.82 Å². The molecule has 1 fully saturated rings. The van der Waals surface area contributed by atoms with Crippen LogP contribution in [-0.2, 0) is 11.3 Å². The molecule has 1 aliphatic rings. The van der Waals surface area contributed by atoms with Crippen LogP contribution < -0.4 is 10.6 Å². The molecule has 19 heavy (non-hydrogen) atoms. The average molecular weight is 307 g/mol. The minimum atomic E-state index is -0.443. The number of hydrogen-bond donors (Lipinski definition) is 2. The largest absolute Gasteiger partial charge is 0.352 e. The third kappa shape index (κ3) is 4.97. The van der Waals surface area contributed by atoms with Crippen molar-refractivity contribution in [3.8, 4) is 0 Å². The lowest BCUT2D eigenvalue weighted by molar-refractivity contribution is -0.121. The molecule has 1 atom stereocenters. The molecule has 2 N–H and O–H groups in total. The Labute approximate surface area is 123 Å². The highest BCUT2D eigenvalue weighted by Gasteiger charge is 2.17. The summed E-state index contributed by atoms with van der Waals surface area (Å²) in [5.74, 6) is -0.434. The van der Waals surface area contributed by atoms with E-state index in [9.17, 15) is 9.18 Å². The standard InChI is InChI=1S/C13H16ClFN2O.ClH/c14-11-6-9(3-4-12(11)15)8-17-13(18)7-10-2-1-5-16-10;/h3-4,6,10,16H,1-2,5,7-8H2,(H,17,18);1H. The van der Waals surface area contributed by atoms with Crippen LogP contribution >= 0.6 is 24.0 Å². The van der Waals surface area contributed by atoms with Gasteiger partial charge in [-0.1, -0.05) is 17.7 Å². The van der Waals surface area contributed by atoms with Crippen molar-refractivity contribution in [2.24, 2.45) is 0 Å². The van der Waals surface area contributed by atoms with Crippen LogP contribution in [0.15, 0.2) is 18.2 Å². The molecule has 1 aromatic carbocycles. The summed E-state index contributed by atoms with van der Waals surface area (Å²) in [5.41, 5.74) is 0.800. The van der Waals surface area contributed by atoms with Crippen molar-refractivity contribution in [1.82, 2.24) is 10.6 Å². The topological polar surface area (TPSA) is 41.1 Å². The second-order valence-electron chi connectivity index (χ2n) is 4.52. The predicted molar refractivity (Wildman–Crippen MR) is 76.1 cm³/mol. The summed E-state index contributed by atoms with van der Waals surface area (Å²) in [4.78, 5) is 11.7. The number of benzene rings is 1. The molecule has 0 saturated carbocycles. The minimum Gasteiger partial charge on any atom is -0.352 e. The quantitative estimate of drug-likeness (QED) is 0.898. The smallest absolute Gasteiger partial charge is 0.221 e. The van der Waals surface area contributed by atoms with E-state index < -0.39 is 5.82 Å². The first-order chi connectivity index (χ1) is 8.65. The van der Waals surface area contributed by atoms with E-state index in [2.05, 4.69) is 10.6 Å². The Balaban J connectivity index is 0.00000180. The second kappa shape index (κ2) is 7.68. The number of amides is 1. The number of rotatable bonds is 4. The molecule has 1 aromatic rings. The minimum absolute atomic E-state index is 0. The van der Waals surface area contributed by atoms with Gasteiger partial charge in [0.2, 0.25) is 5.91 Å². The Hall–Kier alpha value is -0.840. The Morgan fingerprint density at radius 2 is 2.32 bits per heavy atom. The summed E-state index contributed by atoms with van der Waals surface area (Å²) >= 11 is 5.67. The lowest BCUT2D eigenvalue weighted by Gasteiger charge is -2.10. The summed E-state index contributed by atoms with van der Waals surface area (Å²) in [6.07, 6.45) is 2.68. The van der Waals surface area contributed by atoms with Gasteiger partial charge in [0.25, 0.3) is 0 Å². The van der Waals surface area contributed by atoms with E-state index >= 15 is 0 Å². The van der Waals surface area contributed by atoms with E-state index in [1.165, 1.54) is 12.1 Å². The maximum absolute atomic E-state index is 12.9. The van der Waals surface area contributed by atoms with Crippen LogP contribution in [0.3, 0.4) is 0 Å². The molecule has 2 rings (SSSR count). The molecule has 1 amide bonds. The first-order valence-electron chi connectivity index (χ1n) is 6.09. The average Bonchev–Trinajstić information content (AvgIpc) is 2.83. The molecule has 1 heterocycles. The number of halogens is 3. The van der Waals surface area contributed by atoms with Crippen molar-refractivity contribution in [3.63, 3.8) is 0 Å². The SMILES string of the molecule is Cl.O=C(CC1CCCN1)NCc1ccc(F)c(Cl)c1. The van der Waals surface area contributed by atoms with E-state index in [0.29, 0.717) is 19.0 Å². The molecular formula is C13H17Cl2FN2O. The summed E-state index contributed by atoms with van der Waals surface area (Å²) < 4.78 is 12.9. The lowest BCUT2D eigenvalue weighted by atomic mass is 10.1. The second-order valence-corrected chi connectivity index (χ2v) is 4.93. The molecule has 1 saturated heterocycles. The lowest BCUT2D eigenvalue weighted by Crippen LogP contribution is -2.31. The van der Waals surface area contributed by atoms with Gasteiger partial charge in [-0.05, 0) is 37.1 Å². The van der Waals surface area contributed by atoms with Gasteiger partial charge in [-0.3, -0.25) is 4.79 Å². The van der Waals surface area contributed by atoms with Crippen LogP contribution in [0.25, 0.3) is 0 Å². The Kier molecular flexibility index (Phi) is 6.55. The van der Waals surface area contributed by atoms with Crippen LogP contribution in [0.4, 0.5) is 4.39 Å². The molecule has 0 aromatic heterocycles. The third-order valence-electron chi connectivity index (χ3n) is 3.07. The van der Waals surface area contributed by atoms with Crippen molar-refractivity contribution in [3.05, 3.63) is 34.6 Å². The van der Waals surface area contributed by atoms with E-state index in [0.717, 1.165) is 24.9 Å². The predicted octanol–water partition coefficient (Wildman–Crippen LogP) is 2.66. The van der Waals surface area contributed by atoms with Gasteiger partial charge in [0.1, 0.15) is 5.82 Å².